The van der Waals surface area contributed by atoms with Crippen LogP contribution in [0.5, 0.6) is 5.75 Å². The number of fused-ring (bicyclic) bond motifs is 1. The summed E-state index contributed by atoms with van der Waals surface area (Å²) in [6.45, 7) is 6.13. The predicted molar refractivity (Wildman–Crippen MR) is 108 cm³/mol. The zero-order chi connectivity index (χ0) is 17.5. The number of rotatable bonds is 8. The molecule has 0 aliphatic rings. The lowest BCUT2D eigenvalue weighted by Crippen LogP contribution is -2.05. The van der Waals surface area contributed by atoms with Crippen LogP contribution in [-0.2, 0) is 6.42 Å². The molecule has 3 aromatic carbocycles. The van der Waals surface area contributed by atoms with Crippen LogP contribution in [0.3, 0.4) is 0 Å². The standard InChI is InChI=1S/C23H27NO/c1-18(2)15-17-25-22-12-10-21(11-13-22)24-16-14-20-8-5-7-19-6-3-4-9-23(19)20/h3-13,18,24H,14-17H2,1-2H3. The van der Waals surface area contributed by atoms with Gasteiger partial charge in [-0.05, 0) is 59.4 Å². The molecule has 0 atom stereocenters. The average Bonchev–Trinajstić information content (AvgIpc) is 2.63. The summed E-state index contributed by atoms with van der Waals surface area (Å²) in [5.41, 5.74) is 2.52. The van der Waals surface area contributed by atoms with Crippen molar-refractivity contribution in [2.75, 3.05) is 18.5 Å². The summed E-state index contributed by atoms with van der Waals surface area (Å²) in [7, 11) is 0. The Bertz CT molecular complexity index is 787. The number of nitrogens with one attached hydrogen (secondary N) is 1. The zero-order valence-electron chi connectivity index (χ0n) is 15.2. The molecule has 0 saturated heterocycles. The van der Waals surface area contributed by atoms with Crippen molar-refractivity contribution in [3.63, 3.8) is 0 Å². The van der Waals surface area contributed by atoms with Gasteiger partial charge in [0.1, 0.15) is 5.75 Å². The summed E-state index contributed by atoms with van der Waals surface area (Å²) in [5.74, 6) is 1.62. The molecule has 0 aliphatic carbocycles. The molecule has 130 valence electrons. The van der Waals surface area contributed by atoms with Crippen LogP contribution in [0, 0.1) is 5.92 Å². The molecule has 0 fully saturated rings. The van der Waals surface area contributed by atoms with Crippen LogP contribution in [0.2, 0.25) is 0 Å². The summed E-state index contributed by atoms with van der Waals surface area (Å²) in [6, 6.07) is 23.4. The maximum Gasteiger partial charge on any atom is 0.119 e. The van der Waals surface area contributed by atoms with Crippen molar-refractivity contribution in [2.45, 2.75) is 26.7 Å². The molecule has 0 aromatic heterocycles. The molecule has 0 amide bonds. The van der Waals surface area contributed by atoms with Crippen LogP contribution in [0.15, 0.2) is 66.7 Å². The third-order valence-corrected chi connectivity index (χ3v) is 4.42. The van der Waals surface area contributed by atoms with E-state index in [4.69, 9.17) is 4.74 Å². The van der Waals surface area contributed by atoms with Gasteiger partial charge >= 0.3 is 0 Å². The van der Waals surface area contributed by atoms with E-state index < -0.39 is 0 Å². The van der Waals surface area contributed by atoms with Gasteiger partial charge in [0.15, 0.2) is 0 Å². The molecule has 1 N–H and O–H groups in total. The Morgan fingerprint density at radius 2 is 1.64 bits per heavy atom. The lowest BCUT2D eigenvalue weighted by Gasteiger charge is -2.11. The first-order valence-electron chi connectivity index (χ1n) is 9.16. The molecule has 3 rings (SSSR count). The highest BCUT2D eigenvalue weighted by Gasteiger charge is 2.01. The second-order valence-corrected chi connectivity index (χ2v) is 6.87. The summed E-state index contributed by atoms with van der Waals surface area (Å²) >= 11 is 0. The number of anilines is 1. The monoisotopic (exact) mass is 333 g/mol. The van der Waals surface area contributed by atoms with Gasteiger partial charge in [-0.15, -0.1) is 0 Å². The molecule has 0 spiro atoms. The summed E-state index contributed by atoms with van der Waals surface area (Å²) in [4.78, 5) is 0. The molecule has 0 saturated carbocycles. The Kier molecular flexibility index (Phi) is 5.95. The van der Waals surface area contributed by atoms with E-state index in [1.807, 2.05) is 12.1 Å². The fraction of sp³-hybridized carbons (Fsp3) is 0.304. The van der Waals surface area contributed by atoms with E-state index in [1.165, 1.54) is 16.3 Å². The zero-order valence-corrected chi connectivity index (χ0v) is 15.2. The van der Waals surface area contributed by atoms with E-state index in [1.54, 1.807) is 0 Å². The summed E-state index contributed by atoms with van der Waals surface area (Å²) < 4.78 is 5.77. The molecule has 25 heavy (non-hydrogen) atoms. The SMILES string of the molecule is CC(C)CCOc1ccc(NCCc2cccc3ccccc23)cc1. The molecule has 2 nitrogen and oxygen atoms in total. The van der Waals surface area contributed by atoms with Crippen molar-refractivity contribution in [3.05, 3.63) is 72.3 Å². The van der Waals surface area contributed by atoms with Crippen LogP contribution in [0.25, 0.3) is 10.8 Å². The molecule has 0 unspecified atom stereocenters. The topological polar surface area (TPSA) is 21.3 Å². The number of benzene rings is 3. The Balaban J connectivity index is 1.51. The maximum atomic E-state index is 5.77. The maximum absolute atomic E-state index is 5.77. The highest BCUT2D eigenvalue weighted by Crippen LogP contribution is 2.20. The van der Waals surface area contributed by atoms with E-state index in [0.29, 0.717) is 5.92 Å². The Labute approximate surface area is 150 Å². The van der Waals surface area contributed by atoms with Crippen molar-refractivity contribution in [2.24, 2.45) is 5.92 Å². The number of ether oxygens (including phenoxy) is 1. The first-order valence-corrected chi connectivity index (χ1v) is 9.16. The van der Waals surface area contributed by atoms with Crippen molar-refractivity contribution < 1.29 is 4.74 Å². The molecule has 0 radical (unpaired) electrons. The van der Waals surface area contributed by atoms with E-state index in [-0.39, 0.29) is 0 Å². The van der Waals surface area contributed by atoms with Crippen LogP contribution in [0.1, 0.15) is 25.8 Å². The fourth-order valence-electron chi connectivity index (χ4n) is 2.93. The summed E-state index contributed by atoms with van der Waals surface area (Å²) in [6.07, 6.45) is 2.10. The van der Waals surface area contributed by atoms with Gasteiger partial charge in [0, 0.05) is 12.2 Å². The smallest absolute Gasteiger partial charge is 0.119 e. The third-order valence-electron chi connectivity index (χ3n) is 4.42. The highest BCUT2D eigenvalue weighted by atomic mass is 16.5. The Hall–Kier alpha value is -2.48. The lowest BCUT2D eigenvalue weighted by molar-refractivity contribution is 0.289. The van der Waals surface area contributed by atoms with E-state index in [0.717, 1.165) is 37.4 Å². The number of hydrogen-bond acceptors (Lipinski definition) is 2. The normalized spacial score (nSPS) is 11.0. The molecule has 0 bridgehead atoms. The highest BCUT2D eigenvalue weighted by molar-refractivity contribution is 5.85. The van der Waals surface area contributed by atoms with Crippen LogP contribution >= 0.6 is 0 Å². The Morgan fingerprint density at radius 3 is 2.44 bits per heavy atom. The van der Waals surface area contributed by atoms with Crippen LogP contribution < -0.4 is 10.1 Å². The van der Waals surface area contributed by atoms with Gasteiger partial charge in [-0.1, -0.05) is 56.3 Å². The van der Waals surface area contributed by atoms with Gasteiger partial charge in [0.2, 0.25) is 0 Å². The van der Waals surface area contributed by atoms with Gasteiger partial charge in [0.25, 0.3) is 0 Å². The largest absolute Gasteiger partial charge is 0.494 e. The van der Waals surface area contributed by atoms with Crippen LogP contribution in [-0.4, -0.2) is 13.2 Å². The Morgan fingerprint density at radius 1 is 0.880 bits per heavy atom. The minimum Gasteiger partial charge on any atom is -0.494 e. The molecular weight excluding hydrogens is 306 g/mol. The van der Waals surface area contributed by atoms with E-state index in [9.17, 15) is 0 Å². The first kappa shape index (κ1) is 17.3. The quantitative estimate of drug-likeness (QED) is 0.552. The van der Waals surface area contributed by atoms with Gasteiger partial charge in [-0.3, -0.25) is 0 Å². The first-order chi connectivity index (χ1) is 12.2. The third kappa shape index (κ3) is 4.99. The van der Waals surface area contributed by atoms with Crippen LogP contribution in [0.4, 0.5) is 5.69 Å². The molecule has 0 aliphatic heterocycles. The average molecular weight is 333 g/mol. The lowest BCUT2D eigenvalue weighted by atomic mass is 10.0. The minimum absolute atomic E-state index is 0.676. The predicted octanol–water partition coefficient (Wildman–Crippen LogP) is 5.92. The van der Waals surface area contributed by atoms with E-state index in [2.05, 4.69) is 73.8 Å². The van der Waals surface area contributed by atoms with Gasteiger partial charge < -0.3 is 10.1 Å². The van der Waals surface area contributed by atoms with Crippen molar-refractivity contribution >= 4 is 16.5 Å². The van der Waals surface area contributed by atoms with E-state index >= 15 is 0 Å². The van der Waals surface area contributed by atoms with Crippen molar-refractivity contribution in [3.8, 4) is 5.75 Å². The van der Waals surface area contributed by atoms with Gasteiger partial charge in [0.05, 0.1) is 6.61 Å². The minimum atomic E-state index is 0.676. The number of hydrogen-bond donors (Lipinski definition) is 1. The molecular formula is C23H27NO. The second-order valence-electron chi connectivity index (χ2n) is 6.87. The van der Waals surface area contributed by atoms with Gasteiger partial charge in [-0.25, -0.2) is 0 Å². The fourth-order valence-corrected chi connectivity index (χ4v) is 2.93. The molecule has 3 aromatic rings. The van der Waals surface area contributed by atoms with Crippen molar-refractivity contribution in [1.29, 1.82) is 0 Å². The molecule has 2 heteroatoms. The summed E-state index contributed by atoms with van der Waals surface area (Å²) in [5, 5.41) is 6.16. The molecule has 0 heterocycles. The van der Waals surface area contributed by atoms with Gasteiger partial charge in [-0.2, -0.15) is 0 Å². The van der Waals surface area contributed by atoms with Crippen molar-refractivity contribution in [1.82, 2.24) is 0 Å². The second kappa shape index (κ2) is 8.57.